The van der Waals surface area contributed by atoms with Crippen LogP contribution < -0.4 is 16.1 Å². The lowest BCUT2D eigenvalue weighted by Crippen LogP contribution is -2.47. The van der Waals surface area contributed by atoms with Crippen LogP contribution in [0, 0.1) is 5.41 Å². The molecular formula is C32H36N2O9S. The van der Waals surface area contributed by atoms with Crippen molar-refractivity contribution in [2.75, 3.05) is 23.0 Å². The number of benzene rings is 2. The molecule has 2 N–H and O–H groups in total. The van der Waals surface area contributed by atoms with Crippen LogP contribution in [0.5, 0.6) is 0 Å². The maximum Gasteiger partial charge on any atom is 0.338 e. The van der Waals surface area contributed by atoms with E-state index in [4.69, 9.17) is 9.15 Å². The Morgan fingerprint density at radius 1 is 1.02 bits per heavy atom. The van der Waals surface area contributed by atoms with E-state index < -0.39 is 43.7 Å². The zero-order valence-corrected chi connectivity index (χ0v) is 25.9. The third-order valence-corrected chi connectivity index (χ3v) is 10.8. The van der Waals surface area contributed by atoms with Crippen LogP contribution in [0.2, 0.25) is 0 Å². The van der Waals surface area contributed by atoms with Gasteiger partial charge in [0.2, 0.25) is 17.2 Å². The van der Waals surface area contributed by atoms with Gasteiger partial charge in [-0.2, -0.15) is 0 Å². The Hall–Kier alpha value is -4.06. The normalized spacial score (nSPS) is 18.7. The third kappa shape index (κ3) is 5.29. The zero-order chi connectivity index (χ0) is 31.8. The highest BCUT2D eigenvalue weighted by molar-refractivity contribution is 7.93. The molecule has 2 amide bonds. The summed E-state index contributed by atoms with van der Waals surface area (Å²) in [6.45, 7) is 5.66. The highest BCUT2D eigenvalue weighted by Gasteiger charge is 2.49. The van der Waals surface area contributed by atoms with Gasteiger partial charge in [-0.15, -0.1) is 0 Å². The van der Waals surface area contributed by atoms with E-state index in [0.717, 1.165) is 12.8 Å². The number of unbranched alkanes of at least 4 members (excludes halogenated alkanes) is 2. The summed E-state index contributed by atoms with van der Waals surface area (Å²) in [5.74, 6) is -2.48. The van der Waals surface area contributed by atoms with Gasteiger partial charge in [-0.3, -0.25) is 19.2 Å². The number of hydrogen-bond acceptors (Lipinski definition) is 9. The number of ether oxygens (including phenoxy) is 1. The summed E-state index contributed by atoms with van der Waals surface area (Å²) in [4.78, 5) is 67.4. The number of fused-ring (bicyclic) bond motifs is 4. The van der Waals surface area contributed by atoms with E-state index in [0.29, 0.717) is 32.1 Å². The molecule has 2 aliphatic rings. The number of anilines is 2. The van der Waals surface area contributed by atoms with E-state index >= 15 is 0 Å². The monoisotopic (exact) mass is 624 g/mol. The predicted molar refractivity (Wildman–Crippen MR) is 166 cm³/mol. The first-order chi connectivity index (χ1) is 21.0. The van der Waals surface area contributed by atoms with Crippen molar-refractivity contribution in [3.05, 3.63) is 45.6 Å². The van der Waals surface area contributed by atoms with Gasteiger partial charge < -0.3 is 19.8 Å². The average Bonchev–Trinajstić information content (AvgIpc) is 3.36. The first kappa shape index (κ1) is 31.4. The Labute approximate surface area is 254 Å². The minimum Gasteiger partial charge on any atom is -0.462 e. The van der Waals surface area contributed by atoms with Gasteiger partial charge in [-0.1, -0.05) is 39.5 Å². The van der Waals surface area contributed by atoms with E-state index in [1.807, 2.05) is 13.8 Å². The molecule has 3 aromatic rings. The fourth-order valence-corrected chi connectivity index (χ4v) is 7.95. The van der Waals surface area contributed by atoms with Gasteiger partial charge in [-0.05, 0) is 56.9 Å². The van der Waals surface area contributed by atoms with Crippen LogP contribution in [0.4, 0.5) is 11.4 Å². The number of nitrogens with one attached hydrogen (secondary N) is 2. The van der Waals surface area contributed by atoms with Crippen molar-refractivity contribution in [2.45, 2.75) is 77.4 Å². The second-order valence-corrected chi connectivity index (χ2v) is 13.8. The molecule has 1 fully saturated rings. The summed E-state index contributed by atoms with van der Waals surface area (Å²) in [5, 5.41) is 4.11. The van der Waals surface area contributed by atoms with E-state index in [-0.39, 0.29) is 69.0 Å². The van der Waals surface area contributed by atoms with E-state index in [2.05, 4.69) is 10.6 Å². The van der Waals surface area contributed by atoms with Crippen LogP contribution in [-0.2, 0) is 24.2 Å². The minimum absolute atomic E-state index is 0.0475. The number of Topliss-reactive ketones (excluding diaryl/α,β-unsaturated/α-hetero) is 1. The van der Waals surface area contributed by atoms with Crippen LogP contribution in [0.15, 0.2) is 33.5 Å². The van der Waals surface area contributed by atoms with Crippen LogP contribution in [0.3, 0.4) is 0 Å². The van der Waals surface area contributed by atoms with Gasteiger partial charge in [0.05, 0.1) is 40.1 Å². The SMILES string of the molecule is CCCCC1(CCCC)C(=O)Nc2c(ccc3c(=O)c4cc(C(=O)OCC)cc(NC(=O)C5CCCS5(=O)=O)c4oc23)C1=O. The van der Waals surface area contributed by atoms with Crippen LogP contribution in [0.1, 0.15) is 92.9 Å². The van der Waals surface area contributed by atoms with Crippen molar-refractivity contribution in [1.82, 2.24) is 0 Å². The largest absolute Gasteiger partial charge is 0.462 e. The maximum absolute atomic E-state index is 14.0. The van der Waals surface area contributed by atoms with Gasteiger partial charge in [0.15, 0.2) is 26.8 Å². The lowest BCUT2D eigenvalue weighted by molar-refractivity contribution is -0.124. The molecule has 0 saturated carbocycles. The van der Waals surface area contributed by atoms with Crippen LogP contribution in [-0.4, -0.2) is 49.6 Å². The first-order valence-electron chi connectivity index (χ1n) is 15.1. The van der Waals surface area contributed by atoms with Crippen molar-refractivity contribution in [3.63, 3.8) is 0 Å². The van der Waals surface area contributed by atoms with Crippen molar-refractivity contribution >= 4 is 66.7 Å². The van der Waals surface area contributed by atoms with Gasteiger partial charge >= 0.3 is 5.97 Å². The van der Waals surface area contributed by atoms with Gasteiger partial charge in [0.1, 0.15) is 10.7 Å². The lowest BCUT2D eigenvalue weighted by Gasteiger charge is -2.35. The summed E-state index contributed by atoms with van der Waals surface area (Å²) in [6, 6.07) is 5.51. The molecular weight excluding hydrogens is 588 g/mol. The lowest BCUT2D eigenvalue weighted by atomic mass is 9.69. The molecule has 1 saturated heterocycles. The fraction of sp³-hybridized carbons (Fsp3) is 0.469. The molecule has 1 unspecified atom stereocenters. The molecule has 2 aromatic carbocycles. The second-order valence-electron chi connectivity index (χ2n) is 11.5. The highest BCUT2D eigenvalue weighted by atomic mass is 32.2. The van der Waals surface area contributed by atoms with Crippen molar-refractivity contribution in [2.24, 2.45) is 5.41 Å². The van der Waals surface area contributed by atoms with Gasteiger partial charge in [0, 0.05) is 5.56 Å². The van der Waals surface area contributed by atoms with Gasteiger partial charge in [-0.25, -0.2) is 13.2 Å². The topological polar surface area (TPSA) is 166 Å². The minimum atomic E-state index is -3.67. The molecule has 44 heavy (non-hydrogen) atoms. The van der Waals surface area contributed by atoms with Crippen LogP contribution in [0.25, 0.3) is 21.9 Å². The Bertz CT molecular complexity index is 1850. The van der Waals surface area contributed by atoms with E-state index in [1.54, 1.807) is 6.92 Å². The number of carbonyl (C=O) groups excluding carboxylic acids is 4. The Morgan fingerprint density at radius 3 is 2.34 bits per heavy atom. The van der Waals surface area contributed by atoms with Gasteiger partial charge in [0.25, 0.3) is 0 Å². The first-order valence-corrected chi connectivity index (χ1v) is 16.8. The molecule has 0 bridgehead atoms. The predicted octanol–water partition coefficient (Wildman–Crippen LogP) is 5.14. The number of esters is 1. The Kier molecular flexibility index (Phi) is 8.66. The summed E-state index contributed by atoms with van der Waals surface area (Å²) in [6.07, 6.45) is 4.25. The molecule has 11 nitrogen and oxygen atoms in total. The average molecular weight is 625 g/mol. The van der Waals surface area contributed by atoms with Crippen molar-refractivity contribution < 1.29 is 36.7 Å². The standard InChI is InChI=1S/C32H36N2O9S/c1-4-7-13-32(14-8-5-2)28(36)19-11-12-20-25(35)21-16-18(30(38)42-6-3)17-22(26(21)43-27(20)24(19)34-31(32)39)33-29(37)23-10-9-15-44(23,40)41/h11-12,16-17,23H,4-10,13-15H2,1-3H3,(H,33,37)(H,34,39). The Balaban J connectivity index is 1.71. The molecule has 0 radical (unpaired) electrons. The quantitative estimate of drug-likeness (QED) is 0.176. The number of ketones is 1. The van der Waals surface area contributed by atoms with Crippen LogP contribution >= 0.6 is 0 Å². The molecule has 1 aromatic heterocycles. The number of rotatable bonds is 10. The number of sulfone groups is 1. The molecule has 0 spiro atoms. The Morgan fingerprint density at radius 2 is 1.73 bits per heavy atom. The number of carbonyl (C=O) groups is 4. The number of amides is 2. The molecule has 3 heterocycles. The smallest absolute Gasteiger partial charge is 0.338 e. The summed E-state index contributed by atoms with van der Waals surface area (Å²) >= 11 is 0. The van der Waals surface area contributed by atoms with Crippen molar-refractivity contribution in [3.8, 4) is 0 Å². The van der Waals surface area contributed by atoms with E-state index in [1.165, 1.54) is 24.3 Å². The van der Waals surface area contributed by atoms with Crippen molar-refractivity contribution in [1.29, 1.82) is 0 Å². The summed E-state index contributed by atoms with van der Waals surface area (Å²) in [5.41, 5.74) is -1.88. The summed E-state index contributed by atoms with van der Waals surface area (Å²) in [7, 11) is -3.67. The fourth-order valence-electron chi connectivity index (χ4n) is 6.19. The zero-order valence-electron chi connectivity index (χ0n) is 25.0. The molecule has 0 aliphatic carbocycles. The maximum atomic E-state index is 14.0. The molecule has 2 aliphatic heterocycles. The summed E-state index contributed by atoms with van der Waals surface area (Å²) < 4.78 is 36.3. The third-order valence-electron chi connectivity index (χ3n) is 8.60. The highest BCUT2D eigenvalue weighted by Crippen LogP contribution is 2.44. The molecule has 12 heteroatoms. The number of hydrogen-bond donors (Lipinski definition) is 2. The van der Waals surface area contributed by atoms with E-state index in [9.17, 15) is 32.4 Å². The molecule has 234 valence electrons. The molecule has 1 atom stereocenters. The molecule has 5 rings (SSSR count). The second kappa shape index (κ2) is 12.1.